The van der Waals surface area contributed by atoms with E-state index in [4.69, 9.17) is 17.3 Å². The molecule has 112 valence electrons. The Balaban J connectivity index is 2.55. The van der Waals surface area contributed by atoms with Crippen LogP contribution in [0.3, 0.4) is 0 Å². The second kappa shape index (κ2) is 5.54. The highest BCUT2D eigenvalue weighted by molar-refractivity contribution is 7.92. The number of anilines is 2. The molecule has 0 aliphatic heterocycles. The van der Waals surface area contributed by atoms with Gasteiger partial charge in [-0.05, 0) is 36.8 Å². The van der Waals surface area contributed by atoms with E-state index in [-0.39, 0.29) is 16.3 Å². The molecule has 0 aliphatic carbocycles. The molecule has 0 atom stereocenters. The van der Waals surface area contributed by atoms with Crippen LogP contribution in [0.25, 0.3) is 0 Å². The van der Waals surface area contributed by atoms with Crippen LogP contribution in [0.2, 0.25) is 5.02 Å². The summed E-state index contributed by atoms with van der Waals surface area (Å²) in [6.07, 6.45) is 0. The van der Waals surface area contributed by atoms with Gasteiger partial charge in [-0.15, -0.1) is 0 Å². The van der Waals surface area contributed by atoms with E-state index in [1.54, 1.807) is 13.0 Å². The number of nitrogen functional groups attached to an aromatic ring is 1. The van der Waals surface area contributed by atoms with Gasteiger partial charge in [0.25, 0.3) is 10.0 Å². The van der Waals surface area contributed by atoms with Crippen molar-refractivity contribution < 1.29 is 12.8 Å². The zero-order valence-corrected chi connectivity index (χ0v) is 13.0. The minimum atomic E-state index is -3.92. The van der Waals surface area contributed by atoms with E-state index in [1.807, 2.05) is 0 Å². The van der Waals surface area contributed by atoms with Gasteiger partial charge in [-0.2, -0.15) is 0 Å². The molecule has 0 bridgehead atoms. The minimum Gasteiger partial charge on any atom is -0.397 e. The van der Waals surface area contributed by atoms with E-state index >= 15 is 0 Å². The van der Waals surface area contributed by atoms with E-state index in [2.05, 4.69) is 0 Å². The lowest BCUT2D eigenvalue weighted by Gasteiger charge is -2.20. The molecule has 0 unspecified atom stereocenters. The van der Waals surface area contributed by atoms with Crippen LogP contribution in [0.5, 0.6) is 0 Å². The molecule has 0 fully saturated rings. The third kappa shape index (κ3) is 2.82. The van der Waals surface area contributed by atoms with Gasteiger partial charge in [-0.1, -0.05) is 23.7 Å². The summed E-state index contributed by atoms with van der Waals surface area (Å²) < 4.78 is 39.8. The van der Waals surface area contributed by atoms with Crippen molar-refractivity contribution in [3.63, 3.8) is 0 Å². The number of nitrogens with zero attached hydrogens (tertiary/aromatic N) is 1. The predicted molar refractivity (Wildman–Crippen MR) is 82.6 cm³/mol. The minimum absolute atomic E-state index is 0.0346. The molecule has 0 aliphatic rings. The molecule has 4 nitrogen and oxygen atoms in total. The first kappa shape index (κ1) is 15.6. The normalized spacial score (nSPS) is 11.4. The van der Waals surface area contributed by atoms with Crippen LogP contribution in [-0.2, 0) is 10.0 Å². The number of hydrogen-bond acceptors (Lipinski definition) is 3. The highest BCUT2D eigenvalue weighted by atomic mass is 35.5. The Morgan fingerprint density at radius 2 is 1.86 bits per heavy atom. The lowest BCUT2D eigenvalue weighted by Crippen LogP contribution is -2.27. The van der Waals surface area contributed by atoms with Gasteiger partial charge in [-0.25, -0.2) is 12.8 Å². The quantitative estimate of drug-likeness (QED) is 0.880. The summed E-state index contributed by atoms with van der Waals surface area (Å²) >= 11 is 5.93. The Morgan fingerprint density at radius 3 is 2.43 bits per heavy atom. The molecule has 0 heterocycles. The van der Waals surface area contributed by atoms with Gasteiger partial charge in [0.05, 0.1) is 21.3 Å². The maximum absolute atomic E-state index is 13.8. The number of benzene rings is 2. The second-order valence-electron chi connectivity index (χ2n) is 4.57. The standard InChI is InChI=1S/C14H14ClFN2O2S/c1-9-7-10(8-12(17)14(9)15)21(19,20)18(2)13-6-4-3-5-11(13)16/h3-8H,17H2,1-2H3. The highest BCUT2D eigenvalue weighted by Gasteiger charge is 2.24. The fourth-order valence-electron chi connectivity index (χ4n) is 1.91. The first-order valence-corrected chi connectivity index (χ1v) is 7.86. The summed E-state index contributed by atoms with van der Waals surface area (Å²) in [5, 5.41) is 0.308. The van der Waals surface area contributed by atoms with Crippen molar-refractivity contribution in [1.82, 2.24) is 0 Å². The topological polar surface area (TPSA) is 63.4 Å². The molecule has 0 radical (unpaired) electrons. The summed E-state index contributed by atoms with van der Waals surface area (Å²) in [5.74, 6) is -0.623. The molecular weight excluding hydrogens is 315 g/mol. The van der Waals surface area contributed by atoms with Crippen molar-refractivity contribution >= 4 is 33.0 Å². The van der Waals surface area contributed by atoms with Gasteiger partial charge in [-0.3, -0.25) is 4.31 Å². The summed E-state index contributed by atoms with van der Waals surface area (Å²) in [4.78, 5) is -0.0346. The van der Waals surface area contributed by atoms with E-state index < -0.39 is 15.8 Å². The molecule has 0 saturated heterocycles. The largest absolute Gasteiger partial charge is 0.397 e. The van der Waals surface area contributed by atoms with Crippen molar-refractivity contribution in [3.05, 3.63) is 52.8 Å². The van der Waals surface area contributed by atoms with Gasteiger partial charge < -0.3 is 5.73 Å². The Bertz CT molecular complexity index is 770. The fraction of sp³-hybridized carbons (Fsp3) is 0.143. The van der Waals surface area contributed by atoms with Gasteiger partial charge in [0, 0.05) is 7.05 Å². The van der Waals surface area contributed by atoms with Crippen LogP contribution in [0.15, 0.2) is 41.3 Å². The first-order valence-electron chi connectivity index (χ1n) is 6.04. The SMILES string of the molecule is Cc1cc(S(=O)(=O)N(C)c2ccccc2F)cc(N)c1Cl. The molecule has 2 N–H and O–H groups in total. The molecule has 0 amide bonds. The maximum Gasteiger partial charge on any atom is 0.264 e. The van der Waals surface area contributed by atoms with Gasteiger partial charge in [0.15, 0.2) is 0 Å². The number of sulfonamides is 1. The number of hydrogen-bond donors (Lipinski definition) is 1. The van der Waals surface area contributed by atoms with Gasteiger partial charge in [0.2, 0.25) is 0 Å². The van der Waals surface area contributed by atoms with Crippen molar-refractivity contribution in [3.8, 4) is 0 Å². The highest BCUT2D eigenvalue weighted by Crippen LogP contribution is 2.30. The van der Waals surface area contributed by atoms with Crippen molar-refractivity contribution in [2.75, 3.05) is 17.1 Å². The van der Waals surface area contributed by atoms with Gasteiger partial charge >= 0.3 is 0 Å². The average molecular weight is 329 g/mol. The third-order valence-corrected chi connectivity index (χ3v) is 5.37. The Labute approximate surface area is 128 Å². The smallest absolute Gasteiger partial charge is 0.264 e. The van der Waals surface area contributed by atoms with Crippen LogP contribution >= 0.6 is 11.6 Å². The molecule has 0 saturated carbocycles. The third-order valence-electron chi connectivity index (χ3n) is 3.11. The molecule has 7 heteroatoms. The Hall–Kier alpha value is -1.79. The second-order valence-corrected chi connectivity index (χ2v) is 6.91. The van der Waals surface area contributed by atoms with Crippen LogP contribution in [0, 0.1) is 12.7 Å². The van der Waals surface area contributed by atoms with Crippen molar-refractivity contribution in [2.24, 2.45) is 0 Å². The van der Waals surface area contributed by atoms with Crippen LogP contribution in [0.4, 0.5) is 15.8 Å². The average Bonchev–Trinajstić information content (AvgIpc) is 2.44. The molecule has 0 aromatic heterocycles. The van der Waals surface area contributed by atoms with E-state index in [0.717, 1.165) is 4.31 Å². The number of halogens is 2. The molecule has 2 aromatic carbocycles. The summed E-state index contributed by atoms with van der Waals surface area (Å²) in [6, 6.07) is 8.31. The summed E-state index contributed by atoms with van der Waals surface area (Å²) in [6.45, 7) is 1.65. The van der Waals surface area contributed by atoms with Crippen LogP contribution in [0.1, 0.15) is 5.56 Å². The summed E-state index contributed by atoms with van der Waals surface area (Å²) in [5.41, 5.74) is 6.36. The maximum atomic E-state index is 13.8. The first-order chi connectivity index (χ1) is 9.75. The molecule has 0 spiro atoms. The number of rotatable bonds is 3. The zero-order chi connectivity index (χ0) is 15.8. The lowest BCUT2D eigenvalue weighted by molar-refractivity contribution is 0.589. The number of para-hydroxylation sites is 1. The van der Waals surface area contributed by atoms with Gasteiger partial charge in [0.1, 0.15) is 5.82 Å². The molecular formula is C14H14ClFN2O2S. The van der Waals surface area contributed by atoms with E-state index in [0.29, 0.717) is 10.6 Å². The summed E-state index contributed by atoms with van der Waals surface area (Å²) in [7, 11) is -2.64. The fourth-order valence-corrected chi connectivity index (χ4v) is 3.34. The van der Waals surface area contributed by atoms with Crippen LogP contribution in [-0.4, -0.2) is 15.5 Å². The monoisotopic (exact) mass is 328 g/mol. The van der Waals surface area contributed by atoms with Crippen molar-refractivity contribution in [1.29, 1.82) is 0 Å². The number of nitrogens with two attached hydrogens (primary N) is 1. The molecule has 2 aromatic rings. The zero-order valence-electron chi connectivity index (χ0n) is 11.5. The number of aryl methyl sites for hydroxylation is 1. The van der Waals surface area contributed by atoms with E-state index in [9.17, 15) is 12.8 Å². The van der Waals surface area contributed by atoms with Crippen molar-refractivity contribution in [2.45, 2.75) is 11.8 Å². The van der Waals surface area contributed by atoms with E-state index in [1.165, 1.54) is 37.4 Å². The molecule has 21 heavy (non-hydrogen) atoms. The molecule has 2 rings (SSSR count). The lowest BCUT2D eigenvalue weighted by atomic mass is 10.2. The predicted octanol–water partition coefficient (Wildman–Crippen LogP) is 3.19. The Morgan fingerprint density at radius 1 is 1.24 bits per heavy atom. The Kier molecular flexibility index (Phi) is 4.11. The van der Waals surface area contributed by atoms with Crippen LogP contribution < -0.4 is 10.0 Å².